The van der Waals surface area contributed by atoms with Crippen molar-refractivity contribution in [3.05, 3.63) is 33.9 Å². The Kier molecular flexibility index (Phi) is 4.19. The third-order valence-electron chi connectivity index (χ3n) is 3.63. The molecule has 0 heterocycles. The number of amides is 1. The van der Waals surface area contributed by atoms with Gasteiger partial charge in [0.15, 0.2) is 0 Å². The number of nitro benzene ring substituents is 1. The fourth-order valence-electron chi connectivity index (χ4n) is 2.14. The molecule has 1 atom stereocenters. The maximum absolute atomic E-state index is 12.1. The largest absolute Gasteiger partial charge is 0.352 e. The van der Waals surface area contributed by atoms with Crippen LogP contribution >= 0.6 is 0 Å². The predicted molar refractivity (Wildman–Crippen MR) is 75.1 cm³/mol. The highest BCUT2D eigenvalue weighted by molar-refractivity contribution is 6.00. The van der Waals surface area contributed by atoms with E-state index in [2.05, 4.69) is 17.7 Å². The smallest absolute Gasteiger partial charge is 0.270 e. The number of nitrogens with one attached hydrogen (secondary N) is 2. The number of anilines is 1. The molecule has 0 saturated heterocycles. The van der Waals surface area contributed by atoms with Crippen LogP contribution in [-0.2, 0) is 0 Å². The number of hydrogen-bond acceptors (Lipinski definition) is 5. The van der Waals surface area contributed by atoms with E-state index in [-0.39, 0.29) is 17.2 Å². The zero-order chi connectivity index (χ0) is 14.7. The Morgan fingerprint density at radius 3 is 2.80 bits per heavy atom. The van der Waals surface area contributed by atoms with Crippen LogP contribution in [0, 0.1) is 22.0 Å². The molecule has 7 nitrogen and oxygen atoms in total. The van der Waals surface area contributed by atoms with Crippen LogP contribution in [0.15, 0.2) is 18.2 Å². The average Bonchev–Trinajstić information content (AvgIpc) is 3.28. The molecule has 1 saturated carbocycles. The van der Waals surface area contributed by atoms with Gasteiger partial charge in [-0.1, -0.05) is 6.92 Å². The Hall–Kier alpha value is -2.15. The number of benzene rings is 1. The quantitative estimate of drug-likeness (QED) is 0.416. The van der Waals surface area contributed by atoms with Gasteiger partial charge in [0.05, 0.1) is 16.2 Å². The van der Waals surface area contributed by atoms with Crippen molar-refractivity contribution in [2.45, 2.75) is 19.8 Å². The van der Waals surface area contributed by atoms with Crippen LogP contribution in [0.25, 0.3) is 0 Å². The number of nitrogens with two attached hydrogens (primary N) is 1. The Balaban J connectivity index is 2.09. The molecule has 0 aliphatic heterocycles. The van der Waals surface area contributed by atoms with Gasteiger partial charge < -0.3 is 10.7 Å². The van der Waals surface area contributed by atoms with Gasteiger partial charge in [0.1, 0.15) is 0 Å². The van der Waals surface area contributed by atoms with Gasteiger partial charge in [-0.3, -0.25) is 20.8 Å². The van der Waals surface area contributed by atoms with Crippen molar-refractivity contribution >= 4 is 17.3 Å². The van der Waals surface area contributed by atoms with Crippen molar-refractivity contribution in [3.8, 4) is 0 Å². The molecule has 2 rings (SSSR count). The van der Waals surface area contributed by atoms with Crippen LogP contribution in [0.5, 0.6) is 0 Å². The van der Waals surface area contributed by atoms with Gasteiger partial charge in [0.2, 0.25) is 0 Å². The minimum absolute atomic E-state index is 0.135. The summed E-state index contributed by atoms with van der Waals surface area (Å²) in [6, 6.07) is 3.96. The van der Waals surface area contributed by atoms with E-state index in [0.29, 0.717) is 24.1 Å². The normalized spacial score (nSPS) is 15.5. The SMILES string of the molecule is CC(CNC(=O)c1cc([N+](=O)[O-])ccc1NN)C1CC1. The second-order valence-corrected chi connectivity index (χ2v) is 5.16. The van der Waals surface area contributed by atoms with E-state index in [0.717, 1.165) is 0 Å². The molecule has 1 amide bonds. The number of nitrogen functional groups attached to an aromatic ring is 1. The molecule has 1 aliphatic rings. The lowest BCUT2D eigenvalue weighted by Crippen LogP contribution is -2.30. The fraction of sp³-hybridized carbons (Fsp3) is 0.462. The zero-order valence-electron chi connectivity index (χ0n) is 11.3. The lowest BCUT2D eigenvalue weighted by atomic mass is 10.1. The number of nitrogens with zero attached hydrogens (tertiary/aromatic N) is 1. The molecule has 0 radical (unpaired) electrons. The summed E-state index contributed by atoms with van der Waals surface area (Å²) in [5.74, 6) is 6.09. The summed E-state index contributed by atoms with van der Waals surface area (Å²) in [5, 5.41) is 13.6. The second-order valence-electron chi connectivity index (χ2n) is 5.16. The molecule has 1 aromatic rings. The summed E-state index contributed by atoms with van der Waals surface area (Å²) in [7, 11) is 0. The third-order valence-corrected chi connectivity index (χ3v) is 3.63. The summed E-state index contributed by atoms with van der Waals surface area (Å²) in [6.45, 7) is 2.66. The monoisotopic (exact) mass is 278 g/mol. The zero-order valence-corrected chi connectivity index (χ0v) is 11.3. The lowest BCUT2D eigenvalue weighted by molar-refractivity contribution is -0.384. The van der Waals surface area contributed by atoms with Gasteiger partial charge in [-0.2, -0.15) is 0 Å². The van der Waals surface area contributed by atoms with E-state index < -0.39 is 4.92 Å². The lowest BCUT2D eigenvalue weighted by Gasteiger charge is -2.13. The molecule has 1 aromatic carbocycles. The summed E-state index contributed by atoms with van der Waals surface area (Å²) in [6.07, 6.45) is 2.42. The number of nitro groups is 1. The molecule has 0 aromatic heterocycles. The van der Waals surface area contributed by atoms with E-state index in [1.807, 2.05) is 0 Å². The van der Waals surface area contributed by atoms with Crippen LogP contribution in [0.4, 0.5) is 11.4 Å². The van der Waals surface area contributed by atoms with Crippen molar-refractivity contribution in [3.63, 3.8) is 0 Å². The van der Waals surface area contributed by atoms with Crippen LogP contribution < -0.4 is 16.6 Å². The highest BCUT2D eigenvalue weighted by Crippen LogP contribution is 2.36. The molecule has 4 N–H and O–H groups in total. The number of hydrogen-bond donors (Lipinski definition) is 3. The van der Waals surface area contributed by atoms with Crippen LogP contribution in [0.2, 0.25) is 0 Å². The molecule has 1 fully saturated rings. The van der Waals surface area contributed by atoms with Gasteiger partial charge in [-0.05, 0) is 30.7 Å². The first-order valence-corrected chi connectivity index (χ1v) is 6.56. The van der Waals surface area contributed by atoms with Crippen molar-refractivity contribution in [2.24, 2.45) is 17.7 Å². The van der Waals surface area contributed by atoms with Crippen LogP contribution in [-0.4, -0.2) is 17.4 Å². The van der Waals surface area contributed by atoms with Gasteiger partial charge >= 0.3 is 0 Å². The van der Waals surface area contributed by atoms with Crippen molar-refractivity contribution in [1.29, 1.82) is 0 Å². The van der Waals surface area contributed by atoms with E-state index in [9.17, 15) is 14.9 Å². The molecule has 0 spiro atoms. The van der Waals surface area contributed by atoms with Gasteiger partial charge in [-0.25, -0.2) is 0 Å². The van der Waals surface area contributed by atoms with Gasteiger partial charge in [0.25, 0.3) is 11.6 Å². The number of non-ortho nitro benzene ring substituents is 1. The predicted octanol–water partition coefficient (Wildman–Crippen LogP) is 1.66. The minimum Gasteiger partial charge on any atom is -0.352 e. The number of rotatable bonds is 6. The molecular formula is C13H18N4O3. The molecule has 7 heteroatoms. The first-order chi connectivity index (χ1) is 9.52. The van der Waals surface area contributed by atoms with Crippen molar-refractivity contribution in [1.82, 2.24) is 5.32 Å². The Bertz CT molecular complexity index is 528. The van der Waals surface area contributed by atoms with E-state index in [1.54, 1.807) is 0 Å². The fourth-order valence-corrected chi connectivity index (χ4v) is 2.14. The van der Waals surface area contributed by atoms with E-state index >= 15 is 0 Å². The molecule has 1 aliphatic carbocycles. The summed E-state index contributed by atoms with van der Waals surface area (Å²) < 4.78 is 0. The highest BCUT2D eigenvalue weighted by atomic mass is 16.6. The number of carbonyl (C=O) groups excluding carboxylic acids is 1. The Morgan fingerprint density at radius 2 is 2.25 bits per heavy atom. The minimum atomic E-state index is -0.538. The summed E-state index contributed by atoms with van der Waals surface area (Å²) in [4.78, 5) is 22.3. The molecule has 20 heavy (non-hydrogen) atoms. The molecule has 108 valence electrons. The molecule has 1 unspecified atom stereocenters. The standard InChI is InChI=1S/C13H18N4O3/c1-8(9-2-3-9)7-15-13(18)11-6-10(17(19)20)4-5-12(11)16-14/h4-6,8-9,16H,2-3,7,14H2,1H3,(H,15,18). The second kappa shape index (κ2) is 5.87. The third kappa shape index (κ3) is 3.24. The van der Waals surface area contributed by atoms with Gasteiger partial charge in [0, 0.05) is 18.7 Å². The van der Waals surface area contributed by atoms with Crippen LogP contribution in [0.1, 0.15) is 30.1 Å². The van der Waals surface area contributed by atoms with Gasteiger partial charge in [-0.15, -0.1) is 0 Å². The van der Waals surface area contributed by atoms with E-state index in [4.69, 9.17) is 5.84 Å². The first kappa shape index (κ1) is 14.3. The molecular weight excluding hydrogens is 260 g/mol. The number of carbonyl (C=O) groups is 1. The summed E-state index contributed by atoms with van der Waals surface area (Å²) in [5.41, 5.74) is 2.80. The van der Waals surface area contributed by atoms with Crippen molar-refractivity contribution < 1.29 is 9.72 Å². The van der Waals surface area contributed by atoms with E-state index in [1.165, 1.54) is 31.0 Å². The maximum atomic E-state index is 12.1. The summed E-state index contributed by atoms with van der Waals surface area (Å²) >= 11 is 0. The number of hydrazine groups is 1. The maximum Gasteiger partial charge on any atom is 0.270 e. The first-order valence-electron chi connectivity index (χ1n) is 6.56. The Morgan fingerprint density at radius 1 is 1.55 bits per heavy atom. The topological polar surface area (TPSA) is 110 Å². The molecule has 0 bridgehead atoms. The van der Waals surface area contributed by atoms with Crippen LogP contribution in [0.3, 0.4) is 0 Å². The highest BCUT2D eigenvalue weighted by Gasteiger charge is 2.28. The average molecular weight is 278 g/mol. The Labute approximate surface area is 116 Å². The van der Waals surface area contributed by atoms with Crippen molar-refractivity contribution in [2.75, 3.05) is 12.0 Å².